The summed E-state index contributed by atoms with van der Waals surface area (Å²) in [5, 5.41) is 3.70. The number of ether oxygens (including phenoxy) is 1. The Kier molecular flexibility index (Phi) is 3.89. The molecule has 0 aliphatic heterocycles. The van der Waals surface area contributed by atoms with Crippen molar-refractivity contribution >= 4 is 11.6 Å². The lowest BCUT2D eigenvalue weighted by molar-refractivity contribution is 0.416. The third-order valence-electron chi connectivity index (χ3n) is 2.78. The summed E-state index contributed by atoms with van der Waals surface area (Å²) in [6.07, 6.45) is 0. The number of aromatic nitrogens is 2. The SMILES string of the molecule is CNCc1nc(-c2ccccc2OC)n(C)c1Cl. The lowest BCUT2D eigenvalue weighted by Crippen LogP contribution is -2.05. The van der Waals surface area contributed by atoms with Gasteiger partial charge in [0.15, 0.2) is 0 Å². The van der Waals surface area contributed by atoms with Crippen LogP contribution < -0.4 is 10.1 Å². The van der Waals surface area contributed by atoms with Gasteiger partial charge in [0.2, 0.25) is 0 Å². The van der Waals surface area contributed by atoms with E-state index < -0.39 is 0 Å². The first-order chi connectivity index (χ1) is 8.69. The van der Waals surface area contributed by atoms with Gasteiger partial charge in [-0.25, -0.2) is 4.98 Å². The maximum absolute atomic E-state index is 6.26. The first-order valence-corrected chi connectivity index (χ1v) is 6.06. The molecule has 1 aromatic heterocycles. The van der Waals surface area contributed by atoms with Gasteiger partial charge in [0.25, 0.3) is 0 Å². The van der Waals surface area contributed by atoms with Crippen LogP contribution in [0.2, 0.25) is 5.15 Å². The van der Waals surface area contributed by atoms with Crippen LogP contribution in [0.3, 0.4) is 0 Å². The molecule has 0 radical (unpaired) electrons. The zero-order valence-electron chi connectivity index (χ0n) is 10.7. The van der Waals surface area contributed by atoms with Crippen LogP contribution in [0.1, 0.15) is 5.69 Å². The van der Waals surface area contributed by atoms with E-state index in [1.54, 1.807) is 7.11 Å². The summed E-state index contributed by atoms with van der Waals surface area (Å²) in [6, 6.07) is 7.77. The van der Waals surface area contributed by atoms with E-state index in [1.807, 2.05) is 42.9 Å². The smallest absolute Gasteiger partial charge is 0.144 e. The summed E-state index contributed by atoms with van der Waals surface area (Å²) in [5.41, 5.74) is 1.77. The van der Waals surface area contributed by atoms with Gasteiger partial charge in [-0.1, -0.05) is 23.7 Å². The number of hydrogen-bond acceptors (Lipinski definition) is 3. The van der Waals surface area contributed by atoms with Gasteiger partial charge in [-0.3, -0.25) is 0 Å². The third kappa shape index (κ3) is 2.21. The standard InChI is InChI=1S/C13H16ClN3O/c1-15-8-10-12(14)17(2)13(16-10)9-6-4-5-7-11(9)18-3/h4-7,15H,8H2,1-3H3. The highest BCUT2D eigenvalue weighted by molar-refractivity contribution is 6.30. The van der Waals surface area contributed by atoms with Crippen molar-refractivity contribution in [3.63, 3.8) is 0 Å². The molecule has 0 saturated heterocycles. The van der Waals surface area contributed by atoms with Gasteiger partial charge < -0.3 is 14.6 Å². The molecule has 0 aliphatic rings. The molecular weight excluding hydrogens is 250 g/mol. The molecule has 2 rings (SSSR count). The van der Waals surface area contributed by atoms with Crippen molar-refractivity contribution in [1.82, 2.24) is 14.9 Å². The molecule has 96 valence electrons. The Bertz CT molecular complexity index is 551. The van der Waals surface area contributed by atoms with Crippen LogP contribution in [-0.4, -0.2) is 23.7 Å². The lowest BCUT2D eigenvalue weighted by atomic mass is 10.2. The van der Waals surface area contributed by atoms with Gasteiger partial charge in [0.05, 0.1) is 18.4 Å². The number of halogens is 1. The van der Waals surface area contributed by atoms with Crippen LogP contribution in [0.5, 0.6) is 5.75 Å². The summed E-state index contributed by atoms with van der Waals surface area (Å²) >= 11 is 6.26. The molecule has 1 aromatic carbocycles. The van der Waals surface area contributed by atoms with Gasteiger partial charge in [-0.05, 0) is 19.2 Å². The normalized spacial score (nSPS) is 10.7. The number of methoxy groups -OCH3 is 1. The van der Waals surface area contributed by atoms with Crippen LogP contribution in [0, 0.1) is 0 Å². The van der Waals surface area contributed by atoms with Gasteiger partial charge in [-0.2, -0.15) is 0 Å². The van der Waals surface area contributed by atoms with Crippen molar-refractivity contribution in [2.24, 2.45) is 7.05 Å². The summed E-state index contributed by atoms with van der Waals surface area (Å²) in [5.74, 6) is 1.60. The Morgan fingerprint density at radius 3 is 2.78 bits per heavy atom. The largest absolute Gasteiger partial charge is 0.496 e. The highest BCUT2D eigenvalue weighted by Gasteiger charge is 2.16. The van der Waals surface area contributed by atoms with E-state index in [4.69, 9.17) is 16.3 Å². The second kappa shape index (κ2) is 5.42. The van der Waals surface area contributed by atoms with Crippen molar-refractivity contribution < 1.29 is 4.74 Å². The zero-order chi connectivity index (χ0) is 13.1. The van der Waals surface area contributed by atoms with Crippen LogP contribution in [0.15, 0.2) is 24.3 Å². The third-order valence-corrected chi connectivity index (χ3v) is 3.25. The first kappa shape index (κ1) is 12.9. The molecule has 18 heavy (non-hydrogen) atoms. The molecule has 0 aliphatic carbocycles. The quantitative estimate of drug-likeness (QED) is 0.923. The first-order valence-electron chi connectivity index (χ1n) is 5.68. The molecule has 0 amide bonds. The maximum Gasteiger partial charge on any atom is 0.144 e. The summed E-state index contributed by atoms with van der Waals surface area (Å²) in [7, 11) is 5.42. The lowest BCUT2D eigenvalue weighted by Gasteiger charge is -2.07. The fourth-order valence-corrected chi connectivity index (χ4v) is 2.07. The van der Waals surface area contributed by atoms with Crippen LogP contribution in [-0.2, 0) is 13.6 Å². The number of hydrogen-bond donors (Lipinski definition) is 1. The highest BCUT2D eigenvalue weighted by Crippen LogP contribution is 2.31. The molecular formula is C13H16ClN3O. The van der Waals surface area contributed by atoms with E-state index in [-0.39, 0.29) is 0 Å². The molecule has 1 N–H and O–H groups in total. The van der Waals surface area contributed by atoms with Gasteiger partial charge in [0, 0.05) is 13.6 Å². The van der Waals surface area contributed by atoms with E-state index in [1.165, 1.54) is 0 Å². The van der Waals surface area contributed by atoms with Crippen molar-refractivity contribution in [3.05, 3.63) is 35.1 Å². The van der Waals surface area contributed by atoms with E-state index in [9.17, 15) is 0 Å². The maximum atomic E-state index is 6.26. The minimum Gasteiger partial charge on any atom is -0.496 e. The minimum atomic E-state index is 0.641. The van der Waals surface area contributed by atoms with E-state index >= 15 is 0 Å². The number of nitrogens with zero attached hydrogens (tertiary/aromatic N) is 2. The molecule has 0 spiro atoms. The zero-order valence-corrected chi connectivity index (χ0v) is 11.5. The predicted octanol–water partition coefficient (Wildman–Crippen LogP) is 2.47. The second-order valence-corrected chi connectivity index (χ2v) is 4.32. The molecule has 5 heteroatoms. The van der Waals surface area contributed by atoms with Crippen LogP contribution >= 0.6 is 11.6 Å². The van der Waals surface area contributed by atoms with Crippen LogP contribution in [0.25, 0.3) is 11.4 Å². The number of benzene rings is 1. The van der Waals surface area contributed by atoms with Gasteiger partial charge in [-0.15, -0.1) is 0 Å². The van der Waals surface area contributed by atoms with E-state index in [0.29, 0.717) is 11.7 Å². The van der Waals surface area contributed by atoms with Crippen LogP contribution in [0.4, 0.5) is 0 Å². The Balaban J connectivity index is 2.54. The summed E-state index contributed by atoms with van der Waals surface area (Å²) < 4.78 is 7.22. The second-order valence-electron chi connectivity index (χ2n) is 3.96. The molecule has 0 unspecified atom stereocenters. The van der Waals surface area contributed by atoms with E-state index in [2.05, 4.69) is 10.3 Å². The van der Waals surface area contributed by atoms with Crippen molar-refractivity contribution in [3.8, 4) is 17.1 Å². The average molecular weight is 266 g/mol. The van der Waals surface area contributed by atoms with E-state index in [0.717, 1.165) is 22.8 Å². The predicted molar refractivity (Wildman–Crippen MR) is 73.0 cm³/mol. The number of rotatable bonds is 4. The topological polar surface area (TPSA) is 39.1 Å². The fourth-order valence-electron chi connectivity index (χ4n) is 1.89. The summed E-state index contributed by atoms with van der Waals surface area (Å²) in [6.45, 7) is 0.641. The van der Waals surface area contributed by atoms with Gasteiger partial charge >= 0.3 is 0 Å². The minimum absolute atomic E-state index is 0.641. The van der Waals surface area contributed by atoms with Crippen molar-refractivity contribution in [1.29, 1.82) is 0 Å². The number of para-hydroxylation sites is 1. The fraction of sp³-hybridized carbons (Fsp3) is 0.308. The molecule has 0 fully saturated rings. The molecule has 0 bridgehead atoms. The number of imidazole rings is 1. The highest BCUT2D eigenvalue weighted by atomic mass is 35.5. The molecule has 4 nitrogen and oxygen atoms in total. The monoisotopic (exact) mass is 265 g/mol. The Hall–Kier alpha value is -1.52. The Morgan fingerprint density at radius 1 is 1.39 bits per heavy atom. The molecule has 2 aromatic rings. The van der Waals surface area contributed by atoms with Gasteiger partial charge in [0.1, 0.15) is 16.7 Å². The number of nitrogens with one attached hydrogen (secondary N) is 1. The average Bonchev–Trinajstić information content (AvgIpc) is 2.67. The summed E-state index contributed by atoms with van der Waals surface area (Å²) in [4.78, 5) is 4.57. The Labute approximate surface area is 112 Å². The molecule has 0 saturated carbocycles. The van der Waals surface area contributed by atoms with Crippen molar-refractivity contribution in [2.45, 2.75) is 6.54 Å². The van der Waals surface area contributed by atoms with Crippen molar-refractivity contribution in [2.75, 3.05) is 14.2 Å². The molecule has 0 atom stereocenters. The Morgan fingerprint density at radius 2 is 2.11 bits per heavy atom. The molecule has 1 heterocycles.